The summed E-state index contributed by atoms with van der Waals surface area (Å²) >= 11 is 3.61. The molecule has 1 aliphatic rings. The van der Waals surface area contributed by atoms with Gasteiger partial charge in [-0.2, -0.15) is 0 Å². The Morgan fingerprint density at radius 2 is 2.15 bits per heavy atom. The lowest BCUT2D eigenvalue weighted by Crippen LogP contribution is -2.40. The van der Waals surface area contributed by atoms with Gasteiger partial charge in [0.05, 0.1) is 0 Å². The Labute approximate surface area is 91.0 Å². The maximum Gasteiger partial charge on any atom is 0.00923 e. The number of rotatable bonds is 6. The molecule has 0 N–H and O–H groups in total. The Morgan fingerprint density at radius 3 is 2.54 bits per heavy atom. The van der Waals surface area contributed by atoms with Crippen LogP contribution in [0.5, 0.6) is 0 Å². The molecule has 13 heavy (non-hydrogen) atoms. The first kappa shape index (κ1) is 11.5. The molecule has 2 heteroatoms. The van der Waals surface area contributed by atoms with Gasteiger partial charge in [0.15, 0.2) is 0 Å². The number of halogens is 1. The number of alkyl halides is 1. The summed E-state index contributed by atoms with van der Waals surface area (Å²) in [6.07, 6.45) is 6.98. The van der Waals surface area contributed by atoms with E-state index in [2.05, 4.69) is 34.8 Å². The Morgan fingerprint density at radius 1 is 1.46 bits per heavy atom. The van der Waals surface area contributed by atoms with E-state index >= 15 is 0 Å². The molecule has 1 rings (SSSR count). The van der Waals surface area contributed by atoms with Crippen molar-refractivity contribution in [3.63, 3.8) is 0 Å². The van der Waals surface area contributed by atoms with Crippen molar-refractivity contribution in [1.29, 1.82) is 0 Å². The van der Waals surface area contributed by atoms with Gasteiger partial charge in [-0.1, -0.05) is 35.7 Å². The Hall–Kier alpha value is 0.440. The minimum atomic E-state index is 0.857. The quantitative estimate of drug-likeness (QED) is 0.652. The summed E-state index contributed by atoms with van der Waals surface area (Å²) in [6, 6.07) is 0.901. The zero-order chi connectivity index (χ0) is 9.68. The molecule has 1 atom stereocenters. The van der Waals surface area contributed by atoms with Gasteiger partial charge >= 0.3 is 0 Å². The number of hydrogen-bond acceptors (Lipinski definition) is 1. The highest BCUT2D eigenvalue weighted by atomic mass is 79.9. The molecule has 1 fully saturated rings. The standard InChI is InChI=1S/C11H22BrN/c1-3-5-10(8-12)9-13(2)11-6-4-7-11/h10-11H,3-9H2,1-2H3. The predicted octanol–water partition coefficient (Wildman–Crippen LogP) is 3.28. The van der Waals surface area contributed by atoms with Crippen LogP contribution in [-0.4, -0.2) is 29.9 Å². The van der Waals surface area contributed by atoms with Crippen LogP contribution in [0.2, 0.25) is 0 Å². The molecule has 0 amide bonds. The van der Waals surface area contributed by atoms with Gasteiger partial charge in [-0.25, -0.2) is 0 Å². The summed E-state index contributed by atoms with van der Waals surface area (Å²) in [7, 11) is 2.29. The molecule has 1 aliphatic carbocycles. The van der Waals surface area contributed by atoms with Crippen molar-refractivity contribution < 1.29 is 0 Å². The van der Waals surface area contributed by atoms with E-state index in [0.717, 1.165) is 17.3 Å². The average molecular weight is 248 g/mol. The Balaban J connectivity index is 2.18. The monoisotopic (exact) mass is 247 g/mol. The second-order valence-electron chi connectivity index (χ2n) is 4.33. The number of hydrogen-bond donors (Lipinski definition) is 0. The van der Waals surface area contributed by atoms with Crippen LogP contribution in [0.3, 0.4) is 0 Å². The van der Waals surface area contributed by atoms with Crippen LogP contribution in [-0.2, 0) is 0 Å². The SMILES string of the molecule is CCCC(CBr)CN(C)C1CCC1. The minimum Gasteiger partial charge on any atom is -0.303 e. The number of nitrogens with zero attached hydrogens (tertiary/aromatic N) is 1. The highest BCUT2D eigenvalue weighted by Gasteiger charge is 2.23. The molecular weight excluding hydrogens is 226 g/mol. The third kappa shape index (κ3) is 3.59. The maximum absolute atomic E-state index is 3.61. The second-order valence-corrected chi connectivity index (χ2v) is 4.98. The van der Waals surface area contributed by atoms with Crippen molar-refractivity contribution >= 4 is 15.9 Å². The van der Waals surface area contributed by atoms with Gasteiger partial charge in [0.25, 0.3) is 0 Å². The molecule has 0 aromatic heterocycles. The molecule has 0 spiro atoms. The first-order valence-electron chi connectivity index (χ1n) is 5.54. The topological polar surface area (TPSA) is 3.24 Å². The van der Waals surface area contributed by atoms with Crippen molar-refractivity contribution in [3.05, 3.63) is 0 Å². The Kier molecular flexibility index (Phi) is 5.34. The van der Waals surface area contributed by atoms with E-state index in [-0.39, 0.29) is 0 Å². The molecule has 1 saturated carbocycles. The fourth-order valence-corrected chi connectivity index (χ4v) is 2.54. The summed E-state index contributed by atoms with van der Waals surface area (Å²) in [5.41, 5.74) is 0. The van der Waals surface area contributed by atoms with Gasteiger partial charge in [-0.15, -0.1) is 0 Å². The fourth-order valence-electron chi connectivity index (χ4n) is 2.01. The summed E-state index contributed by atoms with van der Waals surface area (Å²) in [4.78, 5) is 2.56. The predicted molar refractivity (Wildman–Crippen MR) is 62.5 cm³/mol. The molecule has 0 bridgehead atoms. The van der Waals surface area contributed by atoms with Crippen molar-refractivity contribution in [2.75, 3.05) is 18.9 Å². The largest absolute Gasteiger partial charge is 0.303 e. The van der Waals surface area contributed by atoms with E-state index in [4.69, 9.17) is 0 Å². The molecule has 78 valence electrons. The van der Waals surface area contributed by atoms with Crippen LogP contribution in [0, 0.1) is 5.92 Å². The van der Waals surface area contributed by atoms with Crippen LogP contribution in [0.25, 0.3) is 0 Å². The van der Waals surface area contributed by atoms with Crippen molar-refractivity contribution in [3.8, 4) is 0 Å². The summed E-state index contributed by atoms with van der Waals surface area (Å²) < 4.78 is 0. The van der Waals surface area contributed by atoms with E-state index in [1.54, 1.807) is 0 Å². The summed E-state index contributed by atoms with van der Waals surface area (Å²) in [5.74, 6) is 0.857. The minimum absolute atomic E-state index is 0.857. The molecule has 0 saturated heterocycles. The van der Waals surface area contributed by atoms with E-state index in [1.165, 1.54) is 38.6 Å². The zero-order valence-electron chi connectivity index (χ0n) is 8.93. The molecule has 0 radical (unpaired) electrons. The van der Waals surface area contributed by atoms with E-state index in [9.17, 15) is 0 Å². The van der Waals surface area contributed by atoms with E-state index < -0.39 is 0 Å². The van der Waals surface area contributed by atoms with Gasteiger partial charge in [0.2, 0.25) is 0 Å². The van der Waals surface area contributed by atoms with Gasteiger partial charge < -0.3 is 4.90 Å². The fraction of sp³-hybridized carbons (Fsp3) is 1.00. The van der Waals surface area contributed by atoms with Gasteiger partial charge in [0.1, 0.15) is 0 Å². The van der Waals surface area contributed by atoms with Crippen molar-refractivity contribution in [2.45, 2.75) is 45.1 Å². The first-order chi connectivity index (χ1) is 6.27. The molecule has 0 aliphatic heterocycles. The first-order valence-corrected chi connectivity index (χ1v) is 6.66. The van der Waals surface area contributed by atoms with Crippen LogP contribution < -0.4 is 0 Å². The molecule has 1 unspecified atom stereocenters. The molecule has 1 nitrogen and oxygen atoms in total. The summed E-state index contributed by atoms with van der Waals surface area (Å²) in [5, 5.41) is 1.16. The van der Waals surface area contributed by atoms with E-state index in [0.29, 0.717) is 0 Å². The van der Waals surface area contributed by atoms with Crippen LogP contribution in [0.1, 0.15) is 39.0 Å². The lowest BCUT2D eigenvalue weighted by atomic mass is 9.91. The van der Waals surface area contributed by atoms with Crippen LogP contribution in [0.4, 0.5) is 0 Å². The lowest BCUT2D eigenvalue weighted by molar-refractivity contribution is 0.140. The highest BCUT2D eigenvalue weighted by Crippen LogP contribution is 2.25. The van der Waals surface area contributed by atoms with Gasteiger partial charge in [0, 0.05) is 17.9 Å². The van der Waals surface area contributed by atoms with Crippen molar-refractivity contribution in [1.82, 2.24) is 4.90 Å². The molecule has 0 heterocycles. The van der Waals surface area contributed by atoms with E-state index in [1.807, 2.05) is 0 Å². The van der Waals surface area contributed by atoms with Crippen molar-refractivity contribution in [2.24, 2.45) is 5.92 Å². The van der Waals surface area contributed by atoms with Gasteiger partial charge in [-0.3, -0.25) is 0 Å². The molecular formula is C11H22BrN. The highest BCUT2D eigenvalue weighted by molar-refractivity contribution is 9.09. The third-order valence-corrected chi connectivity index (χ3v) is 4.08. The van der Waals surface area contributed by atoms with Crippen LogP contribution in [0.15, 0.2) is 0 Å². The second kappa shape index (κ2) is 6.02. The lowest BCUT2D eigenvalue weighted by Gasteiger charge is -2.36. The smallest absolute Gasteiger partial charge is 0.00923 e. The third-order valence-electron chi connectivity index (χ3n) is 3.16. The maximum atomic E-state index is 3.61. The average Bonchev–Trinajstić information content (AvgIpc) is 2.00. The van der Waals surface area contributed by atoms with Crippen LogP contribution >= 0.6 is 15.9 Å². The zero-order valence-corrected chi connectivity index (χ0v) is 10.5. The van der Waals surface area contributed by atoms with Gasteiger partial charge in [-0.05, 0) is 32.2 Å². The molecule has 0 aromatic carbocycles. The summed E-state index contributed by atoms with van der Waals surface area (Å²) in [6.45, 7) is 3.56. The molecule has 0 aromatic rings. The normalized spacial score (nSPS) is 20.3. The Bertz CT molecular complexity index is 134.